The van der Waals surface area contributed by atoms with Crippen LogP contribution in [-0.4, -0.2) is 61.1 Å². The SMILES string of the molecule is C1CC(NCC2CC2)CN1.CC(C)(C)OC(=O)N1CCC(=O)C1. The average molecular weight is 325 g/mol. The molecule has 6 nitrogen and oxygen atoms in total. The Kier molecular flexibility index (Phi) is 6.41. The van der Waals surface area contributed by atoms with Crippen molar-refractivity contribution in [3.63, 3.8) is 0 Å². The average Bonchev–Trinajstić information content (AvgIpc) is 2.95. The summed E-state index contributed by atoms with van der Waals surface area (Å²) in [5.41, 5.74) is -0.483. The number of rotatable bonds is 3. The molecule has 1 saturated carbocycles. The summed E-state index contributed by atoms with van der Waals surface area (Å²) in [4.78, 5) is 23.7. The Hall–Kier alpha value is -1.14. The fourth-order valence-electron chi connectivity index (χ4n) is 2.60. The van der Waals surface area contributed by atoms with Gasteiger partial charge in [-0.2, -0.15) is 0 Å². The normalized spacial score (nSPS) is 24.4. The molecular weight excluding hydrogens is 294 g/mol. The molecule has 2 heterocycles. The molecule has 0 spiro atoms. The van der Waals surface area contributed by atoms with Crippen molar-refractivity contribution in [3.05, 3.63) is 0 Å². The smallest absolute Gasteiger partial charge is 0.410 e. The minimum absolute atomic E-state index is 0.103. The maximum Gasteiger partial charge on any atom is 0.410 e. The number of nitrogens with one attached hydrogen (secondary N) is 2. The van der Waals surface area contributed by atoms with Gasteiger partial charge in [0.15, 0.2) is 5.78 Å². The Bertz CT molecular complexity index is 410. The van der Waals surface area contributed by atoms with Gasteiger partial charge in [-0.15, -0.1) is 0 Å². The van der Waals surface area contributed by atoms with Gasteiger partial charge in [0, 0.05) is 25.6 Å². The largest absolute Gasteiger partial charge is 0.444 e. The van der Waals surface area contributed by atoms with Crippen LogP contribution in [0.2, 0.25) is 0 Å². The van der Waals surface area contributed by atoms with E-state index in [1.54, 1.807) is 0 Å². The Morgan fingerprint density at radius 1 is 1.35 bits per heavy atom. The number of hydrogen-bond acceptors (Lipinski definition) is 5. The van der Waals surface area contributed by atoms with E-state index >= 15 is 0 Å². The van der Waals surface area contributed by atoms with E-state index in [2.05, 4.69) is 10.6 Å². The molecule has 2 aliphatic heterocycles. The molecule has 132 valence electrons. The lowest BCUT2D eigenvalue weighted by atomic mass is 10.2. The van der Waals surface area contributed by atoms with Crippen molar-refractivity contribution in [2.24, 2.45) is 5.92 Å². The van der Waals surface area contributed by atoms with Crippen molar-refractivity contribution in [2.75, 3.05) is 32.7 Å². The number of nitrogens with zero attached hydrogens (tertiary/aromatic N) is 1. The van der Waals surface area contributed by atoms with Crippen molar-refractivity contribution >= 4 is 11.9 Å². The molecular formula is C17H31N3O3. The van der Waals surface area contributed by atoms with Crippen LogP contribution in [0, 0.1) is 5.92 Å². The molecule has 0 radical (unpaired) electrons. The molecule has 3 aliphatic rings. The van der Waals surface area contributed by atoms with Crippen molar-refractivity contribution in [2.45, 2.75) is 58.1 Å². The quantitative estimate of drug-likeness (QED) is 0.824. The van der Waals surface area contributed by atoms with Crippen molar-refractivity contribution in [1.82, 2.24) is 15.5 Å². The molecule has 1 unspecified atom stereocenters. The predicted molar refractivity (Wildman–Crippen MR) is 89.4 cm³/mol. The van der Waals surface area contributed by atoms with Gasteiger partial charge in [0.2, 0.25) is 0 Å². The van der Waals surface area contributed by atoms with Gasteiger partial charge in [-0.1, -0.05) is 0 Å². The fourth-order valence-corrected chi connectivity index (χ4v) is 2.60. The number of hydrogen-bond donors (Lipinski definition) is 2. The highest BCUT2D eigenvalue weighted by Crippen LogP contribution is 2.27. The molecule has 1 atom stereocenters. The van der Waals surface area contributed by atoms with Crippen LogP contribution in [-0.2, 0) is 9.53 Å². The first-order valence-electron chi connectivity index (χ1n) is 8.77. The van der Waals surface area contributed by atoms with Crippen LogP contribution in [0.4, 0.5) is 4.79 Å². The number of likely N-dealkylation sites (tertiary alicyclic amines) is 1. The zero-order valence-corrected chi connectivity index (χ0v) is 14.7. The number of Topliss-reactive ketones (excluding diaryl/α,β-unsaturated/α-hetero) is 1. The van der Waals surface area contributed by atoms with E-state index in [0.717, 1.165) is 12.0 Å². The molecule has 3 fully saturated rings. The van der Waals surface area contributed by atoms with E-state index in [4.69, 9.17) is 4.74 Å². The van der Waals surface area contributed by atoms with E-state index in [-0.39, 0.29) is 12.3 Å². The second-order valence-electron chi connectivity index (χ2n) is 7.73. The van der Waals surface area contributed by atoms with E-state index in [9.17, 15) is 9.59 Å². The Morgan fingerprint density at radius 3 is 2.57 bits per heavy atom. The summed E-state index contributed by atoms with van der Waals surface area (Å²) in [7, 11) is 0. The van der Waals surface area contributed by atoms with Crippen LogP contribution in [0.25, 0.3) is 0 Å². The van der Waals surface area contributed by atoms with Crippen LogP contribution in [0.3, 0.4) is 0 Å². The Labute approximate surface area is 139 Å². The van der Waals surface area contributed by atoms with E-state index in [1.165, 1.54) is 43.8 Å². The Morgan fingerprint density at radius 2 is 2.09 bits per heavy atom. The van der Waals surface area contributed by atoms with Gasteiger partial charge in [0.1, 0.15) is 5.60 Å². The van der Waals surface area contributed by atoms with Gasteiger partial charge in [0.25, 0.3) is 0 Å². The fraction of sp³-hybridized carbons (Fsp3) is 0.882. The summed E-state index contributed by atoms with van der Waals surface area (Å²) in [6.07, 6.45) is 4.32. The third kappa shape index (κ3) is 7.31. The zero-order chi connectivity index (χ0) is 16.9. The minimum Gasteiger partial charge on any atom is -0.444 e. The van der Waals surface area contributed by atoms with Gasteiger partial charge < -0.3 is 20.3 Å². The molecule has 2 N–H and O–H groups in total. The predicted octanol–water partition coefficient (Wildman–Crippen LogP) is 1.54. The summed E-state index contributed by atoms with van der Waals surface area (Å²) in [6.45, 7) is 9.79. The molecule has 2 saturated heterocycles. The first-order chi connectivity index (χ1) is 10.8. The lowest BCUT2D eigenvalue weighted by Gasteiger charge is -2.23. The molecule has 3 rings (SSSR count). The lowest BCUT2D eigenvalue weighted by molar-refractivity contribution is -0.116. The molecule has 23 heavy (non-hydrogen) atoms. The summed E-state index contributed by atoms with van der Waals surface area (Å²) in [5.74, 6) is 1.13. The van der Waals surface area contributed by atoms with Crippen molar-refractivity contribution in [1.29, 1.82) is 0 Å². The third-order valence-corrected chi connectivity index (χ3v) is 4.13. The van der Waals surface area contributed by atoms with Crippen LogP contribution in [0.1, 0.15) is 46.5 Å². The standard InChI is InChI=1S/C9H15NO3.C8H16N2/c1-9(2,3)13-8(12)10-5-4-7(11)6-10;1-2-7(1)5-10-8-3-4-9-6-8/h4-6H2,1-3H3;7-10H,1-6H2. The highest BCUT2D eigenvalue weighted by Gasteiger charge is 2.28. The molecule has 6 heteroatoms. The summed E-state index contributed by atoms with van der Waals surface area (Å²) < 4.78 is 5.10. The van der Waals surface area contributed by atoms with E-state index < -0.39 is 11.7 Å². The van der Waals surface area contributed by atoms with E-state index in [0.29, 0.717) is 13.0 Å². The molecule has 1 amide bonds. The molecule has 1 aliphatic carbocycles. The van der Waals surface area contributed by atoms with Crippen LogP contribution >= 0.6 is 0 Å². The first kappa shape index (κ1) is 18.2. The number of ketones is 1. The summed E-state index contributed by atoms with van der Waals surface area (Å²) in [6, 6.07) is 0.778. The van der Waals surface area contributed by atoms with Gasteiger partial charge in [-0.25, -0.2) is 4.79 Å². The monoisotopic (exact) mass is 325 g/mol. The molecule has 0 aromatic heterocycles. The number of ether oxygens (including phenoxy) is 1. The topological polar surface area (TPSA) is 70.7 Å². The highest BCUT2D eigenvalue weighted by atomic mass is 16.6. The summed E-state index contributed by atoms with van der Waals surface area (Å²) >= 11 is 0. The molecule has 0 bridgehead atoms. The highest BCUT2D eigenvalue weighted by molar-refractivity contribution is 5.87. The zero-order valence-electron chi connectivity index (χ0n) is 14.7. The summed E-state index contributed by atoms with van der Waals surface area (Å²) in [5, 5.41) is 6.93. The van der Waals surface area contributed by atoms with Gasteiger partial charge in [0.05, 0.1) is 6.54 Å². The van der Waals surface area contributed by atoms with Crippen LogP contribution < -0.4 is 10.6 Å². The number of carbonyl (C=O) groups is 2. The maximum atomic E-state index is 11.4. The number of amides is 1. The molecule has 0 aromatic rings. The van der Waals surface area contributed by atoms with Gasteiger partial charge in [-0.3, -0.25) is 4.79 Å². The van der Waals surface area contributed by atoms with Crippen molar-refractivity contribution in [3.8, 4) is 0 Å². The second kappa shape index (κ2) is 8.11. The second-order valence-corrected chi connectivity index (χ2v) is 7.73. The van der Waals surface area contributed by atoms with E-state index in [1.807, 2.05) is 20.8 Å². The third-order valence-electron chi connectivity index (χ3n) is 4.13. The van der Waals surface area contributed by atoms with Crippen LogP contribution in [0.5, 0.6) is 0 Å². The lowest BCUT2D eigenvalue weighted by Crippen LogP contribution is -2.35. The molecule has 0 aromatic carbocycles. The Balaban J connectivity index is 0.000000172. The van der Waals surface area contributed by atoms with Crippen LogP contribution in [0.15, 0.2) is 0 Å². The number of carbonyl (C=O) groups excluding carboxylic acids is 2. The van der Waals surface area contributed by atoms with Gasteiger partial charge >= 0.3 is 6.09 Å². The maximum absolute atomic E-state index is 11.4. The minimum atomic E-state index is -0.483. The van der Waals surface area contributed by atoms with Gasteiger partial charge in [-0.05, 0) is 59.0 Å². The van der Waals surface area contributed by atoms with Crippen molar-refractivity contribution < 1.29 is 14.3 Å². The first-order valence-corrected chi connectivity index (χ1v) is 8.77.